The number of nitrogens with one attached hydrogen (secondary N) is 1. The molecule has 1 aliphatic heterocycles. The van der Waals surface area contributed by atoms with Gasteiger partial charge in [0.1, 0.15) is 0 Å². The average molecular weight is 393 g/mol. The summed E-state index contributed by atoms with van der Waals surface area (Å²) in [5.41, 5.74) is 0.921. The maximum atomic E-state index is 12.3. The number of aromatic nitrogens is 2. The van der Waals surface area contributed by atoms with Gasteiger partial charge in [-0.1, -0.05) is 62.3 Å². The number of fused-ring (bicyclic) bond motifs is 1. The Balaban J connectivity index is 1.46. The quantitative estimate of drug-likeness (QED) is 0.721. The number of nitrogens with zero attached hydrogens (tertiary/aromatic N) is 3. The van der Waals surface area contributed by atoms with Crippen LogP contribution in [0.4, 0.5) is 0 Å². The third-order valence-electron chi connectivity index (χ3n) is 5.34. The van der Waals surface area contributed by atoms with Gasteiger partial charge in [-0.15, -0.1) is 0 Å². The predicted octanol–water partition coefficient (Wildman–Crippen LogP) is 4.19. The largest absolute Gasteiger partial charge is 0.352 e. The number of benzene rings is 2. The number of carbonyl (C=O) groups is 1. The second-order valence-electron chi connectivity index (χ2n) is 9.21. The van der Waals surface area contributed by atoms with Gasteiger partial charge in [0, 0.05) is 24.6 Å². The van der Waals surface area contributed by atoms with Crippen molar-refractivity contribution < 1.29 is 9.32 Å². The Morgan fingerprint density at radius 2 is 1.97 bits per heavy atom. The fourth-order valence-electron chi connectivity index (χ4n) is 3.97. The molecule has 1 aromatic heterocycles. The summed E-state index contributed by atoms with van der Waals surface area (Å²) in [5, 5.41) is 9.69. The normalized spacial score (nSPS) is 20.3. The number of hydrogen-bond acceptors (Lipinski definition) is 5. The van der Waals surface area contributed by atoms with Crippen LogP contribution >= 0.6 is 0 Å². The zero-order chi connectivity index (χ0) is 20.6. The topological polar surface area (TPSA) is 71.3 Å². The molecule has 2 heterocycles. The SMILES string of the molecule is CN1C[C@@H](NC(=O)CC(C)(C)C)C[C@H]1c1nc(-c2ccc3ccccc3c2)no1. The van der Waals surface area contributed by atoms with Gasteiger partial charge in [0.05, 0.1) is 6.04 Å². The van der Waals surface area contributed by atoms with Crippen molar-refractivity contribution in [3.63, 3.8) is 0 Å². The highest BCUT2D eigenvalue weighted by Crippen LogP contribution is 2.32. The van der Waals surface area contributed by atoms with Crippen molar-refractivity contribution in [2.45, 2.75) is 45.7 Å². The molecule has 6 nitrogen and oxygen atoms in total. The van der Waals surface area contributed by atoms with Gasteiger partial charge in [-0.3, -0.25) is 9.69 Å². The lowest BCUT2D eigenvalue weighted by Gasteiger charge is -2.19. The monoisotopic (exact) mass is 392 g/mol. The number of likely N-dealkylation sites (tertiary alicyclic amines) is 1. The number of hydrogen-bond donors (Lipinski definition) is 1. The molecule has 0 unspecified atom stereocenters. The number of likely N-dealkylation sites (N-methyl/N-ethyl adjacent to an activating group) is 1. The van der Waals surface area contributed by atoms with Gasteiger partial charge in [0.15, 0.2) is 0 Å². The number of amides is 1. The van der Waals surface area contributed by atoms with E-state index in [4.69, 9.17) is 4.52 Å². The summed E-state index contributed by atoms with van der Waals surface area (Å²) in [6.07, 6.45) is 1.29. The summed E-state index contributed by atoms with van der Waals surface area (Å²) in [6, 6.07) is 14.5. The fourth-order valence-corrected chi connectivity index (χ4v) is 3.97. The minimum absolute atomic E-state index is 0.0108. The van der Waals surface area contributed by atoms with Crippen LogP contribution in [0.2, 0.25) is 0 Å². The third-order valence-corrected chi connectivity index (χ3v) is 5.34. The third kappa shape index (κ3) is 4.48. The van der Waals surface area contributed by atoms with E-state index in [1.165, 1.54) is 5.39 Å². The van der Waals surface area contributed by atoms with Gasteiger partial charge in [0.2, 0.25) is 17.6 Å². The minimum atomic E-state index is -0.0186. The molecule has 2 atom stereocenters. The van der Waals surface area contributed by atoms with Gasteiger partial charge in [0.25, 0.3) is 0 Å². The second kappa shape index (κ2) is 7.59. The molecule has 1 aliphatic rings. The van der Waals surface area contributed by atoms with Crippen LogP contribution in [-0.4, -0.2) is 40.6 Å². The first-order chi connectivity index (χ1) is 13.8. The first-order valence-corrected chi connectivity index (χ1v) is 10.1. The zero-order valence-corrected chi connectivity index (χ0v) is 17.5. The molecule has 1 saturated heterocycles. The highest BCUT2D eigenvalue weighted by Gasteiger charge is 2.35. The molecule has 152 valence electrons. The van der Waals surface area contributed by atoms with Gasteiger partial charge >= 0.3 is 0 Å². The van der Waals surface area contributed by atoms with E-state index in [1.54, 1.807) is 0 Å². The van der Waals surface area contributed by atoms with Crippen molar-refractivity contribution in [1.29, 1.82) is 0 Å². The molecule has 3 aromatic rings. The first-order valence-electron chi connectivity index (χ1n) is 10.1. The average Bonchev–Trinajstić information content (AvgIpc) is 3.26. The highest BCUT2D eigenvalue weighted by molar-refractivity contribution is 5.86. The molecule has 1 N–H and O–H groups in total. The summed E-state index contributed by atoms with van der Waals surface area (Å²) in [5.74, 6) is 1.29. The van der Waals surface area contributed by atoms with Gasteiger partial charge in [-0.2, -0.15) is 4.98 Å². The molecular formula is C23H28N4O2. The maximum absolute atomic E-state index is 12.3. The van der Waals surface area contributed by atoms with Gasteiger partial charge in [-0.25, -0.2) is 0 Å². The summed E-state index contributed by atoms with van der Waals surface area (Å²) >= 11 is 0. The Bertz CT molecular complexity index is 1020. The molecule has 0 saturated carbocycles. The Hall–Kier alpha value is -2.73. The van der Waals surface area contributed by atoms with Crippen molar-refractivity contribution in [3.05, 3.63) is 48.4 Å². The van der Waals surface area contributed by atoms with Crippen molar-refractivity contribution >= 4 is 16.7 Å². The molecule has 1 amide bonds. The van der Waals surface area contributed by atoms with E-state index in [9.17, 15) is 4.79 Å². The van der Waals surface area contributed by atoms with E-state index in [0.717, 1.165) is 23.9 Å². The molecule has 0 spiro atoms. The van der Waals surface area contributed by atoms with Crippen LogP contribution in [0.15, 0.2) is 47.0 Å². The standard InChI is InChI=1S/C23H28N4O2/c1-23(2,3)13-20(28)24-18-12-19(27(4)14-18)22-25-21(26-29-22)17-10-9-15-7-5-6-8-16(15)11-17/h5-11,18-19H,12-14H2,1-4H3,(H,24,28)/t18-,19-/m0/s1. The molecule has 2 aromatic carbocycles. The van der Waals surface area contributed by atoms with Crippen LogP contribution in [0.1, 0.15) is 45.5 Å². The molecule has 6 heteroatoms. The van der Waals surface area contributed by atoms with E-state index in [0.29, 0.717) is 18.1 Å². The highest BCUT2D eigenvalue weighted by atomic mass is 16.5. The van der Waals surface area contributed by atoms with Crippen LogP contribution in [0.5, 0.6) is 0 Å². The van der Waals surface area contributed by atoms with Crippen molar-refractivity contribution in [3.8, 4) is 11.4 Å². The van der Waals surface area contributed by atoms with Crippen LogP contribution in [0, 0.1) is 5.41 Å². The zero-order valence-electron chi connectivity index (χ0n) is 17.5. The summed E-state index contributed by atoms with van der Waals surface area (Å²) < 4.78 is 5.60. The van der Waals surface area contributed by atoms with Crippen molar-refractivity contribution in [2.75, 3.05) is 13.6 Å². The Morgan fingerprint density at radius 3 is 2.72 bits per heavy atom. The number of rotatable bonds is 4. The molecule has 0 aliphatic carbocycles. The first kappa shape index (κ1) is 19.6. The van der Waals surface area contributed by atoms with Crippen molar-refractivity contribution in [1.82, 2.24) is 20.4 Å². The summed E-state index contributed by atoms with van der Waals surface area (Å²) in [6.45, 7) is 6.99. The van der Waals surface area contributed by atoms with E-state index in [1.807, 2.05) is 25.2 Å². The van der Waals surface area contributed by atoms with Gasteiger partial charge in [-0.05, 0) is 35.7 Å². The lowest BCUT2D eigenvalue weighted by molar-refractivity contribution is -0.123. The smallest absolute Gasteiger partial charge is 0.244 e. The molecule has 4 rings (SSSR count). The molecule has 0 radical (unpaired) electrons. The maximum Gasteiger partial charge on any atom is 0.244 e. The van der Waals surface area contributed by atoms with Crippen LogP contribution in [0.3, 0.4) is 0 Å². The predicted molar refractivity (Wildman–Crippen MR) is 113 cm³/mol. The lowest BCUT2D eigenvalue weighted by atomic mass is 9.92. The Labute approximate surface area is 171 Å². The van der Waals surface area contributed by atoms with Crippen LogP contribution < -0.4 is 5.32 Å². The summed E-state index contributed by atoms with van der Waals surface area (Å²) in [4.78, 5) is 19.1. The van der Waals surface area contributed by atoms with Crippen molar-refractivity contribution in [2.24, 2.45) is 5.41 Å². The second-order valence-corrected chi connectivity index (χ2v) is 9.21. The lowest BCUT2D eigenvalue weighted by Crippen LogP contribution is -2.38. The number of carbonyl (C=O) groups excluding carboxylic acids is 1. The molecule has 1 fully saturated rings. The van der Waals surface area contributed by atoms with Crippen LogP contribution in [0.25, 0.3) is 22.2 Å². The Kier molecular flexibility index (Phi) is 5.13. The van der Waals surface area contributed by atoms with E-state index >= 15 is 0 Å². The van der Waals surface area contributed by atoms with E-state index in [2.05, 4.69) is 65.4 Å². The summed E-state index contributed by atoms with van der Waals surface area (Å²) in [7, 11) is 2.03. The molecular weight excluding hydrogens is 364 g/mol. The molecule has 29 heavy (non-hydrogen) atoms. The van der Waals surface area contributed by atoms with Gasteiger partial charge < -0.3 is 9.84 Å². The minimum Gasteiger partial charge on any atom is -0.352 e. The Morgan fingerprint density at radius 1 is 1.21 bits per heavy atom. The van der Waals surface area contributed by atoms with Crippen LogP contribution in [-0.2, 0) is 4.79 Å². The van der Waals surface area contributed by atoms with E-state index in [-0.39, 0.29) is 23.4 Å². The van der Waals surface area contributed by atoms with E-state index < -0.39 is 0 Å². The molecule has 0 bridgehead atoms. The fraction of sp³-hybridized carbons (Fsp3) is 0.435.